The fraction of sp³-hybridized carbons (Fsp3) is 0.0714. The molecule has 15 heavy (non-hydrogen) atoms. The molecule has 0 heterocycles. The van der Waals surface area contributed by atoms with Crippen molar-refractivity contribution in [3.05, 3.63) is 65.3 Å². The molecule has 0 spiro atoms. The molecular formula is C14H12O. The lowest BCUT2D eigenvalue weighted by molar-refractivity contribution is -0.111. The molecule has 0 radical (unpaired) electrons. The van der Waals surface area contributed by atoms with Crippen molar-refractivity contribution < 1.29 is 4.79 Å². The summed E-state index contributed by atoms with van der Waals surface area (Å²) in [5.41, 5.74) is 3.01. The quantitative estimate of drug-likeness (QED) is 0.674. The lowest BCUT2D eigenvalue weighted by atomic mass is 10.0. The number of carbonyl (C=O) groups excluding carboxylic acids is 1. The third kappa shape index (κ3) is 2.32. The van der Waals surface area contributed by atoms with Crippen LogP contribution in [0.15, 0.2) is 59.7 Å². The maximum absolute atomic E-state index is 11.2. The molecule has 0 amide bonds. The first-order valence-electron chi connectivity index (χ1n) is 4.93. The largest absolute Gasteiger partial charge is 0.290 e. The fourth-order valence-corrected chi connectivity index (χ4v) is 1.50. The van der Waals surface area contributed by atoms with Crippen LogP contribution in [-0.2, 0) is 4.79 Å². The van der Waals surface area contributed by atoms with Crippen molar-refractivity contribution in [1.29, 1.82) is 0 Å². The molecule has 74 valence electrons. The van der Waals surface area contributed by atoms with Crippen LogP contribution in [0.4, 0.5) is 0 Å². The van der Waals surface area contributed by atoms with Gasteiger partial charge in [-0.3, -0.25) is 4.79 Å². The second-order valence-corrected chi connectivity index (χ2v) is 3.58. The van der Waals surface area contributed by atoms with Crippen molar-refractivity contribution >= 4 is 11.9 Å². The molecule has 1 aromatic carbocycles. The molecule has 0 aromatic heterocycles. The van der Waals surface area contributed by atoms with E-state index in [0.717, 1.165) is 16.7 Å². The summed E-state index contributed by atoms with van der Waals surface area (Å²) in [6.45, 7) is 1.84. The normalized spacial score (nSPS) is 18.1. The first kappa shape index (κ1) is 9.66. The maximum Gasteiger partial charge on any atom is 0.181 e. The zero-order valence-corrected chi connectivity index (χ0v) is 8.60. The molecule has 0 atom stereocenters. The topological polar surface area (TPSA) is 17.1 Å². The Kier molecular flexibility index (Phi) is 2.64. The fourth-order valence-electron chi connectivity index (χ4n) is 1.50. The average molecular weight is 196 g/mol. The molecule has 1 aliphatic rings. The van der Waals surface area contributed by atoms with Crippen LogP contribution in [0.1, 0.15) is 12.5 Å². The molecule has 0 saturated heterocycles. The van der Waals surface area contributed by atoms with E-state index in [1.54, 1.807) is 6.08 Å². The molecule has 1 aromatic rings. The zero-order valence-electron chi connectivity index (χ0n) is 8.60. The summed E-state index contributed by atoms with van der Waals surface area (Å²) in [5, 5.41) is 0. The Morgan fingerprint density at radius 1 is 1.07 bits per heavy atom. The van der Waals surface area contributed by atoms with E-state index in [1.165, 1.54) is 0 Å². The minimum Gasteiger partial charge on any atom is -0.290 e. The Hall–Kier alpha value is -1.89. The number of allylic oxidation sites excluding steroid dienone is 5. The van der Waals surface area contributed by atoms with Gasteiger partial charge in [0.15, 0.2) is 5.78 Å². The van der Waals surface area contributed by atoms with Gasteiger partial charge in [-0.25, -0.2) is 0 Å². The summed E-state index contributed by atoms with van der Waals surface area (Å²) < 4.78 is 0. The van der Waals surface area contributed by atoms with Gasteiger partial charge in [-0.15, -0.1) is 0 Å². The molecule has 1 heteroatoms. The first-order chi connectivity index (χ1) is 7.25. The number of hydrogen-bond acceptors (Lipinski definition) is 1. The molecule has 0 saturated carbocycles. The summed E-state index contributed by atoms with van der Waals surface area (Å²) >= 11 is 0. The van der Waals surface area contributed by atoms with Gasteiger partial charge in [0.25, 0.3) is 0 Å². The van der Waals surface area contributed by atoms with Crippen LogP contribution in [0.3, 0.4) is 0 Å². The van der Waals surface area contributed by atoms with E-state index in [2.05, 4.69) is 6.08 Å². The monoisotopic (exact) mass is 196 g/mol. The SMILES string of the molecule is CC1=CC(=Cc2ccccc2)C=CC1=O. The second-order valence-electron chi connectivity index (χ2n) is 3.58. The van der Waals surface area contributed by atoms with Gasteiger partial charge in [0.1, 0.15) is 0 Å². The summed E-state index contributed by atoms with van der Waals surface area (Å²) in [5.74, 6) is 0.0974. The van der Waals surface area contributed by atoms with Gasteiger partial charge in [0, 0.05) is 0 Å². The smallest absolute Gasteiger partial charge is 0.181 e. The van der Waals surface area contributed by atoms with Crippen LogP contribution in [-0.4, -0.2) is 5.78 Å². The molecule has 2 rings (SSSR count). The highest BCUT2D eigenvalue weighted by Crippen LogP contribution is 2.15. The van der Waals surface area contributed by atoms with Gasteiger partial charge >= 0.3 is 0 Å². The Bertz CT molecular complexity index is 461. The molecular weight excluding hydrogens is 184 g/mol. The highest BCUT2D eigenvalue weighted by molar-refractivity contribution is 6.06. The third-order valence-electron chi connectivity index (χ3n) is 2.33. The van der Waals surface area contributed by atoms with E-state index >= 15 is 0 Å². The Morgan fingerprint density at radius 3 is 2.47 bits per heavy atom. The van der Waals surface area contributed by atoms with Crippen LogP contribution < -0.4 is 0 Å². The maximum atomic E-state index is 11.2. The Labute approximate surface area is 89.4 Å². The van der Waals surface area contributed by atoms with E-state index in [0.29, 0.717) is 0 Å². The molecule has 1 aliphatic carbocycles. The van der Waals surface area contributed by atoms with Gasteiger partial charge < -0.3 is 0 Å². The third-order valence-corrected chi connectivity index (χ3v) is 2.33. The van der Waals surface area contributed by atoms with Gasteiger partial charge in [-0.05, 0) is 41.9 Å². The Balaban J connectivity index is 2.30. The van der Waals surface area contributed by atoms with Crippen LogP contribution in [0.5, 0.6) is 0 Å². The van der Waals surface area contributed by atoms with E-state index in [4.69, 9.17) is 0 Å². The molecule has 0 bridgehead atoms. The van der Waals surface area contributed by atoms with Gasteiger partial charge in [0.2, 0.25) is 0 Å². The van der Waals surface area contributed by atoms with Gasteiger partial charge in [-0.2, -0.15) is 0 Å². The zero-order chi connectivity index (χ0) is 10.7. The van der Waals surface area contributed by atoms with Crippen molar-refractivity contribution in [2.45, 2.75) is 6.92 Å². The molecule has 0 unspecified atom stereocenters. The van der Waals surface area contributed by atoms with Crippen molar-refractivity contribution in [2.75, 3.05) is 0 Å². The minimum atomic E-state index is 0.0974. The number of rotatable bonds is 1. The minimum absolute atomic E-state index is 0.0974. The van der Waals surface area contributed by atoms with Gasteiger partial charge in [0.05, 0.1) is 0 Å². The summed E-state index contributed by atoms with van der Waals surface area (Å²) in [7, 11) is 0. The molecule has 0 fully saturated rings. The van der Waals surface area contributed by atoms with Gasteiger partial charge in [-0.1, -0.05) is 36.4 Å². The molecule has 0 aliphatic heterocycles. The van der Waals surface area contributed by atoms with Crippen molar-refractivity contribution in [2.24, 2.45) is 0 Å². The van der Waals surface area contributed by atoms with Crippen LogP contribution in [0, 0.1) is 0 Å². The highest BCUT2D eigenvalue weighted by atomic mass is 16.1. The van der Waals surface area contributed by atoms with Crippen molar-refractivity contribution in [1.82, 2.24) is 0 Å². The number of ketones is 1. The highest BCUT2D eigenvalue weighted by Gasteiger charge is 2.05. The summed E-state index contributed by atoms with van der Waals surface area (Å²) in [6.07, 6.45) is 7.44. The van der Waals surface area contributed by atoms with Crippen molar-refractivity contribution in [3.63, 3.8) is 0 Å². The predicted molar refractivity (Wildman–Crippen MR) is 62.3 cm³/mol. The predicted octanol–water partition coefficient (Wildman–Crippen LogP) is 3.16. The second kappa shape index (κ2) is 4.09. The molecule has 0 N–H and O–H groups in total. The van der Waals surface area contributed by atoms with Crippen LogP contribution >= 0.6 is 0 Å². The number of benzene rings is 1. The van der Waals surface area contributed by atoms with Crippen molar-refractivity contribution in [3.8, 4) is 0 Å². The van der Waals surface area contributed by atoms with E-state index in [1.807, 2.05) is 49.4 Å². The average Bonchev–Trinajstić information content (AvgIpc) is 2.25. The summed E-state index contributed by atoms with van der Waals surface area (Å²) in [6, 6.07) is 10.1. The number of carbonyl (C=O) groups is 1. The Morgan fingerprint density at radius 2 is 1.80 bits per heavy atom. The van der Waals surface area contributed by atoms with E-state index in [-0.39, 0.29) is 5.78 Å². The van der Waals surface area contributed by atoms with Crippen LogP contribution in [0.2, 0.25) is 0 Å². The summed E-state index contributed by atoms with van der Waals surface area (Å²) in [4.78, 5) is 11.2. The first-order valence-corrected chi connectivity index (χ1v) is 4.93. The standard InChI is InChI=1S/C14H12O/c1-11-9-13(7-8-14(11)15)10-12-5-3-2-4-6-12/h2-10H,1H3. The number of hydrogen-bond donors (Lipinski definition) is 0. The lowest BCUT2D eigenvalue weighted by Crippen LogP contribution is -1.99. The van der Waals surface area contributed by atoms with E-state index < -0.39 is 0 Å². The van der Waals surface area contributed by atoms with Crippen LogP contribution in [0.25, 0.3) is 6.08 Å². The van der Waals surface area contributed by atoms with E-state index in [9.17, 15) is 4.79 Å². The molecule has 1 nitrogen and oxygen atoms in total. The lowest BCUT2D eigenvalue weighted by Gasteiger charge is -2.04.